The summed E-state index contributed by atoms with van der Waals surface area (Å²) in [5.41, 5.74) is 5.00. The average Bonchev–Trinajstić information content (AvgIpc) is 2.69. The van der Waals surface area contributed by atoms with Gasteiger partial charge < -0.3 is 4.74 Å². The van der Waals surface area contributed by atoms with Crippen molar-refractivity contribution in [3.05, 3.63) is 60.2 Å². The number of amides is 2. The Kier molecular flexibility index (Phi) is 8.03. The Hall–Kier alpha value is -2.98. The molecule has 7 heteroatoms. The molecule has 0 aromatic heterocycles. The Bertz CT molecular complexity index is 775. The number of carbonyl (C=O) groups excluding carboxylic acids is 2. The molecule has 2 aromatic rings. The van der Waals surface area contributed by atoms with Crippen LogP contribution in [0.1, 0.15) is 18.4 Å². The van der Waals surface area contributed by atoms with Crippen LogP contribution in [0, 0.1) is 11.3 Å². The predicted molar refractivity (Wildman–Crippen MR) is 99.3 cm³/mol. The second-order valence-electron chi connectivity index (χ2n) is 5.26. The van der Waals surface area contributed by atoms with E-state index >= 15 is 0 Å². The lowest BCUT2D eigenvalue weighted by molar-refractivity contribution is -0.130. The number of carbonyl (C=O) groups is 2. The Labute approximate surface area is 156 Å². The van der Waals surface area contributed by atoms with Gasteiger partial charge in [0.25, 0.3) is 5.91 Å². The first-order valence-corrected chi connectivity index (χ1v) is 9.05. The lowest BCUT2D eigenvalue weighted by Gasteiger charge is -2.09. The molecule has 2 rings (SSSR count). The molecule has 0 heterocycles. The number of benzene rings is 2. The maximum atomic E-state index is 11.7. The molecule has 0 bridgehead atoms. The minimum Gasteiger partial charge on any atom is -0.482 e. The fraction of sp³-hybridized carbons (Fsp3) is 0.211. The van der Waals surface area contributed by atoms with Crippen molar-refractivity contribution in [3.8, 4) is 11.8 Å². The van der Waals surface area contributed by atoms with Gasteiger partial charge in [0.05, 0.1) is 5.56 Å². The van der Waals surface area contributed by atoms with E-state index in [1.807, 2.05) is 36.4 Å². The maximum Gasteiger partial charge on any atom is 0.276 e. The highest BCUT2D eigenvalue weighted by molar-refractivity contribution is 7.99. The number of para-hydroxylation sites is 1. The van der Waals surface area contributed by atoms with E-state index in [0.29, 0.717) is 24.2 Å². The lowest BCUT2D eigenvalue weighted by atomic mass is 10.2. The van der Waals surface area contributed by atoms with E-state index in [9.17, 15) is 9.59 Å². The van der Waals surface area contributed by atoms with Gasteiger partial charge in [0.2, 0.25) is 5.91 Å². The molecule has 6 nitrogen and oxygen atoms in total. The van der Waals surface area contributed by atoms with Crippen LogP contribution in [0.15, 0.2) is 59.5 Å². The van der Waals surface area contributed by atoms with Crippen LogP contribution in [-0.2, 0) is 9.59 Å². The van der Waals surface area contributed by atoms with Gasteiger partial charge in [-0.2, -0.15) is 5.26 Å². The number of nitriles is 1. The molecule has 0 aliphatic heterocycles. The van der Waals surface area contributed by atoms with Crippen LogP contribution in [0.25, 0.3) is 0 Å². The van der Waals surface area contributed by atoms with Crippen LogP contribution in [0.2, 0.25) is 0 Å². The third-order valence-corrected chi connectivity index (χ3v) is 4.37. The summed E-state index contributed by atoms with van der Waals surface area (Å²) < 4.78 is 5.28. The molecule has 2 amide bonds. The van der Waals surface area contributed by atoms with Gasteiger partial charge in [0.15, 0.2) is 6.61 Å². The van der Waals surface area contributed by atoms with Crippen LogP contribution < -0.4 is 15.6 Å². The summed E-state index contributed by atoms with van der Waals surface area (Å²) in [7, 11) is 0. The molecule has 2 aromatic carbocycles. The highest BCUT2D eigenvalue weighted by Crippen LogP contribution is 2.18. The van der Waals surface area contributed by atoms with Gasteiger partial charge >= 0.3 is 0 Å². The number of nitrogens with zero attached hydrogens (tertiary/aromatic N) is 1. The minimum absolute atomic E-state index is 0.260. The molecule has 0 saturated heterocycles. The zero-order valence-corrected chi connectivity index (χ0v) is 14.9. The molecule has 0 atom stereocenters. The summed E-state index contributed by atoms with van der Waals surface area (Å²) in [5.74, 6) is 0.392. The van der Waals surface area contributed by atoms with Gasteiger partial charge in [-0.1, -0.05) is 30.3 Å². The van der Waals surface area contributed by atoms with E-state index < -0.39 is 5.91 Å². The van der Waals surface area contributed by atoms with Gasteiger partial charge in [0.1, 0.15) is 11.8 Å². The molecule has 0 spiro atoms. The highest BCUT2D eigenvalue weighted by atomic mass is 32.2. The maximum absolute atomic E-state index is 11.7. The third kappa shape index (κ3) is 6.87. The van der Waals surface area contributed by atoms with Crippen LogP contribution >= 0.6 is 11.8 Å². The predicted octanol–water partition coefficient (Wildman–Crippen LogP) is 2.66. The van der Waals surface area contributed by atoms with Crippen molar-refractivity contribution in [1.82, 2.24) is 10.9 Å². The Balaban J connectivity index is 1.59. The Morgan fingerprint density at radius 2 is 1.69 bits per heavy atom. The summed E-state index contributed by atoms with van der Waals surface area (Å²) in [6, 6.07) is 18.6. The summed E-state index contributed by atoms with van der Waals surface area (Å²) in [6.45, 7) is -0.289. The first-order valence-electron chi connectivity index (χ1n) is 8.06. The number of hydrogen-bond donors (Lipinski definition) is 2. The lowest BCUT2D eigenvalue weighted by Crippen LogP contribution is -2.43. The summed E-state index contributed by atoms with van der Waals surface area (Å²) >= 11 is 1.68. The van der Waals surface area contributed by atoms with Crippen LogP contribution in [-0.4, -0.2) is 24.2 Å². The van der Waals surface area contributed by atoms with Gasteiger partial charge in [-0.15, -0.1) is 11.8 Å². The molecule has 134 valence electrons. The van der Waals surface area contributed by atoms with E-state index in [-0.39, 0.29) is 12.5 Å². The number of nitrogens with one attached hydrogen (secondary N) is 2. The number of rotatable bonds is 8. The van der Waals surface area contributed by atoms with Crippen molar-refractivity contribution < 1.29 is 14.3 Å². The van der Waals surface area contributed by atoms with Crippen molar-refractivity contribution in [2.45, 2.75) is 17.7 Å². The van der Waals surface area contributed by atoms with Crippen LogP contribution in [0.4, 0.5) is 0 Å². The Morgan fingerprint density at radius 1 is 1.00 bits per heavy atom. The summed E-state index contributed by atoms with van der Waals surface area (Å²) in [6.07, 6.45) is 1.02. The first-order chi connectivity index (χ1) is 12.7. The number of ether oxygens (including phenoxy) is 1. The molecular weight excluding hydrogens is 350 g/mol. The zero-order chi connectivity index (χ0) is 18.6. The smallest absolute Gasteiger partial charge is 0.276 e. The number of hydrazine groups is 1. The molecule has 0 unspecified atom stereocenters. The standard InChI is InChI=1S/C19H19N3O3S/c20-13-15-7-4-5-10-17(15)25-14-19(24)22-21-18(23)11-6-12-26-16-8-2-1-3-9-16/h1-5,7-10H,6,11-12,14H2,(H,21,23)(H,22,24). The number of hydrogen-bond acceptors (Lipinski definition) is 5. The minimum atomic E-state index is -0.496. The van der Waals surface area contributed by atoms with Crippen molar-refractivity contribution >= 4 is 23.6 Å². The largest absolute Gasteiger partial charge is 0.482 e. The van der Waals surface area contributed by atoms with Gasteiger partial charge in [0, 0.05) is 11.3 Å². The van der Waals surface area contributed by atoms with Gasteiger partial charge in [-0.3, -0.25) is 20.4 Å². The van der Waals surface area contributed by atoms with E-state index in [2.05, 4.69) is 10.9 Å². The third-order valence-electron chi connectivity index (χ3n) is 3.27. The van der Waals surface area contributed by atoms with Crippen LogP contribution in [0.5, 0.6) is 5.75 Å². The van der Waals surface area contributed by atoms with Crippen molar-refractivity contribution in [3.63, 3.8) is 0 Å². The second kappa shape index (κ2) is 10.8. The zero-order valence-electron chi connectivity index (χ0n) is 14.1. The van der Waals surface area contributed by atoms with E-state index in [1.165, 1.54) is 0 Å². The molecule has 0 aliphatic rings. The molecule has 0 aliphatic carbocycles. The van der Waals surface area contributed by atoms with Gasteiger partial charge in [-0.25, -0.2) is 0 Å². The summed E-state index contributed by atoms with van der Waals surface area (Å²) in [4.78, 5) is 24.6. The fourth-order valence-corrected chi connectivity index (χ4v) is 2.88. The monoisotopic (exact) mass is 369 g/mol. The fourth-order valence-electron chi connectivity index (χ4n) is 2.01. The van der Waals surface area contributed by atoms with Crippen molar-refractivity contribution in [2.24, 2.45) is 0 Å². The molecule has 0 fully saturated rings. The van der Waals surface area contributed by atoms with Crippen molar-refractivity contribution in [1.29, 1.82) is 5.26 Å². The quantitative estimate of drug-likeness (QED) is 0.424. The van der Waals surface area contributed by atoms with Gasteiger partial charge in [-0.05, 0) is 36.4 Å². The average molecular weight is 369 g/mol. The van der Waals surface area contributed by atoms with Crippen LogP contribution in [0.3, 0.4) is 0 Å². The highest BCUT2D eigenvalue weighted by Gasteiger charge is 2.08. The Morgan fingerprint density at radius 3 is 2.46 bits per heavy atom. The topological polar surface area (TPSA) is 91.2 Å². The molecule has 0 saturated carbocycles. The SMILES string of the molecule is N#Cc1ccccc1OCC(=O)NNC(=O)CCCSc1ccccc1. The van der Waals surface area contributed by atoms with Crippen molar-refractivity contribution in [2.75, 3.05) is 12.4 Å². The first kappa shape index (κ1) is 19.3. The molecular formula is C19H19N3O3S. The molecule has 0 radical (unpaired) electrons. The molecule has 2 N–H and O–H groups in total. The van der Waals surface area contributed by atoms with E-state index in [4.69, 9.17) is 10.00 Å². The molecule has 26 heavy (non-hydrogen) atoms. The normalized spacial score (nSPS) is 9.81. The van der Waals surface area contributed by atoms with E-state index in [0.717, 1.165) is 10.6 Å². The van der Waals surface area contributed by atoms with E-state index in [1.54, 1.807) is 36.0 Å². The summed E-state index contributed by atoms with van der Waals surface area (Å²) in [5, 5.41) is 8.95. The second-order valence-corrected chi connectivity index (χ2v) is 6.43. The number of thioether (sulfide) groups is 1.